The zero-order chi connectivity index (χ0) is 6.69. The van der Waals surface area contributed by atoms with Crippen molar-refractivity contribution in [1.82, 2.24) is 4.98 Å². The Balaban J connectivity index is 2.98. The smallest absolute Gasteiger partial charge is 0.250 e. The van der Waals surface area contributed by atoms with E-state index in [9.17, 15) is 4.79 Å². The van der Waals surface area contributed by atoms with Crippen molar-refractivity contribution in [2.75, 3.05) is 0 Å². The van der Waals surface area contributed by atoms with Gasteiger partial charge in [-0.3, -0.25) is 9.78 Å². The van der Waals surface area contributed by atoms with Crippen molar-refractivity contribution in [3.8, 4) is 0 Å². The van der Waals surface area contributed by atoms with Crippen LogP contribution in [0.2, 0.25) is 0 Å². The fourth-order valence-electron chi connectivity index (χ4n) is 0.509. The fourth-order valence-corrected chi connectivity index (χ4v) is 0.509. The maximum absolute atomic E-state index is 10.4. The predicted molar refractivity (Wildman–Crippen MR) is 32.8 cm³/mol. The molecule has 1 aromatic rings. The molecule has 2 N–H and O–H groups in total. The van der Waals surface area contributed by atoms with Gasteiger partial charge in [0.15, 0.2) is 0 Å². The van der Waals surface area contributed by atoms with E-state index in [2.05, 4.69) is 4.98 Å². The third kappa shape index (κ3) is 1.25. The topological polar surface area (TPSA) is 56.0 Å². The van der Waals surface area contributed by atoms with E-state index in [-0.39, 0.29) is 0 Å². The second-order valence-corrected chi connectivity index (χ2v) is 1.61. The first kappa shape index (κ1) is 5.75. The molecular formula is C6H6N2O. The van der Waals surface area contributed by atoms with E-state index in [4.69, 9.17) is 5.73 Å². The van der Waals surface area contributed by atoms with Crippen LogP contribution < -0.4 is 5.73 Å². The Labute approximate surface area is 52.5 Å². The van der Waals surface area contributed by atoms with Crippen molar-refractivity contribution in [3.63, 3.8) is 0 Å². The van der Waals surface area contributed by atoms with Gasteiger partial charge in [-0.25, -0.2) is 0 Å². The summed E-state index contributed by atoms with van der Waals surface area (Å²) >= 11 is 0. The number of pyridine rings is 1. The number of aromatic nitrogens is 1. The Morgan fingerprint density at radius 2 is 2.44 bits per heavy atom. The van der Waals surface area contributed by atoms with Crippen LogP contribution in [-0.2, 0) is 0 Å². The average Bonchev–Trinajstić information content (AvgIpc) is 1.90. The van der Waals surface area contributed by atoms with Gasteiger partial charge in [-0.2, -0.15) is 0 Å². The maximum Gasteiger partial charge on any atom is 0.250 e. The molecule has 0 atom stereocenters. The van der Waals surface area contributed by atoms with Gasteiger partial charge in [0, 0.05) is 12.4 Å². The van der Waals surface area contributed by atoms with Crippen molar-refractivity contribution in [2.24, 2.45) is 5.73 Å². The van der Waals surface area contributed by atoms with Crippen LogP contribution >= 0.6 is 0 Å². The number of carbonyl (C=O) groups is 1. The first-order chi connectivity index (χ1) is 4.30. The third-order valence-corrected chi connectivity index (χ3v) is 0.946. The molecule has 3 nitrogen and oxygen atoms in total. The molecule has 0 aliphatic carbocycles. The summed E-state index contributed by atoms with van der Waals surface area (Å²) in [6.45, 7) is 0. The molecule has 1 rings (SSSR count). The lowest BCUT2D eigenvalue weighted by molar-refractivity contribution is 0.1000. The van der Waals surface area contributed by atoms with Gasteiger partial charge in [-0.05, 0) is 12.1 Å². The number of primary amides is 1. The van der Waals surface area contributed by atoms with Gasteiger partial charge in [0.25, 0.3) is 0 Å². The van der Waals surface area contributed by atoms with Crippen LogP contribution in [0.15, 0.2) is 24.5 Å². The van der Waals surface area contributed by atoms with Gasteiger partial charge in [-0.15, -0.1) is 0 Å². The predicted octanol–water partition coefficient (Wildman–Crippen LogP) is 0.181. The van der Waals surface area contributed by atoms with Gasteiger partial charge in [0.1, 0.15) is 0 Å². The Kier molecular flexibility index (Phi) is 1.44. The van der Waals surface area contributed by atoms with Crippen LogP contribution in [0.5, 0.6) is 0 Å². The second-order valence-electron chi connectivity index (χ2n) is 1.61. The molecule has 3 heteroatoms. The fraction of sp³-hybridized carbons (Fsp3) is 0. The van der Waals surface area contributed by atoms with Crippen molar-refractivity contribution in [1.29, 1.82) is 0 Å². The molecule has 0 bridgehead atoms. The number of rotatable bonds is 1. The van der Waals surface area contributed by atoms with Crippen LogP contribution in [0.4, 0.5) is 0 Å². The minimum absolute atomic E-state index is 0.442. The van der Waals surface area contributed by atoms with Crippen LogP contribution in [0.25, 0.3) is 0 Å². The van der Waals surface area contributed by atoms with Gasteiger partial charge in [0.05, 0.1) is 5.56 Å². The first-order valence-corrected chi connectivity index (χ1v) is 2.50. The van der Waals surface area contributed by atoms with Gasteiger partial charge in [0.2, 0.25) is 5.91 Å². The standard InChI is InChI=1S/C6H6N2O/c7-6(9)5-2-1-3-8-4-5/h1-4H,(H2,7,9)/i7+1. The monoisotopic (exact) mass is 123 g/mol. The Hall–Kier alpha value is -1.38. The zero-order valence-electron chi connectivity index (χ0n) is 4.74. The summed E-state index contributed by atoms with van der Waals surface area (Å²) < 4.78 is 0. The van der Waals surface area contributed by atoms with E-state index in [0.29, 0.717) is 5.56 Å². The molecule has 9 heavy (non-hydrogen) atoms. The molecule has 0 unspecified atom stereocenters. The van der Waals surface area contributed by atoms with Crippen LogP contribution in [-0.4, -0.2) is 10.9 Å². The molecule has 0 aliphatic rings. The molecule has 0 radical (unpaired) electrons. The summed E-state index contributed by atoms with van der Waals surface area (Å²) in [6.07, 6.45) is 3.02. The zero-order valence-corrected chi connectivity index (χ0v) is 4.74. The molecule has 0 spiro atoms. The molecule has 0 fully saturated rings. The second kappa shape index (κ2) is 2.26. The highest BCUT2D eigenvalue weighted by atomic mass is 16.2. The van der Waals surface area contributed by atoms with Crippen LogP contribution in [0.3, 0.4) is 0 Å². The highest BCUT2D eigenvalue weighted by Gasteiger charge is 1.94. The summed E-state index contributed by atoms with van der Waals surface area (Å²) in [7, 11) is 0. The average molecular weight is 123 g/mol. The van der Waals surface area contributed by atoms with Gasteiger partial charge < -0.3 is 5.73 Å². The third-order valence-electron chi connectivity index (χ3n) is 0.946. The Bertz CT molecular complexity index is 208. The van der Waals surface area contributed by atoms with Crippen molar-refractivity contribution >= 4 is 5.91 Å². The highest BCUT2D eigenvalue weighted by Crippen LogP contribution is 1.91. The molecule has 1 amide bonds. The number of hydrogen-bond donors (Lipinski definition) is 1. The molecule has 0 aromatic carbocycles. The molecule has 46 valence electrons. The molecule has 0 saturated heterocycles. The Morgan fingerprint density at radius 3 is 2.78 bits per heavy atom. The normalized spacial score (nSPS) is 8.89. The number of amides is 1. The van der Waals surface area contributed by atoms with E-state index in [1.165, 1.54) is 6.20 Å². The molecule has 0 saturated carbocycles. The van der Waals surface area contributed by atoms with Gasteiger partial charge >= 0.3 is 0 Å². The summed E-state index contributed by atoms with van der Waals surface area (Å²) in [5.41, 5.74) is 5.38. The number of carbonyl (C=O) groups excluding carboxylic acids is 1. The molecule has 1 aromatic heterocycles. The number of nitrogens with two attached hydrogens (primary N) is 1. The summed E-state index contributed by atoms with van der Waals surface area (Å²) in [5.74, 6) is -0.442. The maximum atomic E-state index is 10.4. The summed E-state index contributed by atoms with van der Waals surface area (Å²) in [6, 6.07) is 3.29. The highest BCUT2D eigenvalue weighted by molar-refractivity contribution is 5.92. The van der Waals surface area contributed by atoms with E-state index < -0.39 is 5.91 Å². The largest absolute Gasteiger partial charge is 0.366 e. The van der Waals surface area contributed by atoms with Crippen molar-refractivity contribution in [2.45, 2.75) is 0 Å². The lowest BCUT2D eigenvalue weighted by Crippen LogP contribution is -2.10. The van der Waals surface area contributed by atoms with Crippen LogP contribution in [0, 0.1) is 0 Å². The lowest BCUT2D eigenvalue weighted by Gasteiger charge is -1.88. The quantitative estimate of drug-likeness (QED) is 0.541. The number of nitrogens with zero attached hydrogens (tertiary/aromatic N) is 1. The van der Waals surface area contributed by atoms with E-state index >= 15 is 0 Å². The lowest BCUT2D eigenvalue weighted by atomic mass is 10.3. The Morgan fingerprint density at radius 1 is 1.67 bits per heavy atom. The van der Waals surface area contributed by atoms with Crippen molar-refractivity contribution in [3.05, 3.63) is 30.1 Å². The molecule has 1 heterocycles. The SMILES string of the molecule is [15NH2]C(=O)c1cccnc1. The summed E-state index contributed by atoms with van der Waals surface area (Å²) in [5, 5.41) is 0. The van der Waals surface area contributed by atoms with Crippen molar-refractivity contribution < 1.29 is 4.79 Å². The first-order valence-electron chi connectivity index (χ1n) is 2.50. The number of hydrogen-bond acceptors (Lipinski definition) is 2. The summed E-state index contributed by atoms with van der Waals surface area (Å²) in [4.78, 5) is 14.1. The van der Waals surface area contributed by atoms with E-state index in [0.717, 1.165) is 0 Å². The van der Waals surface area contributed by atoms with E-state index in [1.54, 1.807) is 18.3 Å². The minimum atomic E-state index is -0.442. The van der Waals surface area contributed by atoms with Crippen LogP contribution in [0.1, 0.15) is 10.4 Å². The van der Waals surface area contributed by atoms with E-state index in [1.807, 2.05) is 0 Å². The minimum Gasteiger partial charge on any atom is -0.366 e. The van der Waals surface area contributed by atoms with Gasteiger partial charge in [-0.1, -0.05) is 0 Å². The molecule has 0 aliphatic heterocycles. The molecular weight excluding hydrogens is 117 g/mol.